The van der Waals surface area contributed by atoms with E-state index >= 15 is 0 Å². The van der Waals surface area contributed by atoms with Crippen molar-refractivity contribution >= 4 is 19.8 Å². The van der Waals surface area contributed by atoms with Gasteiger partial charge in [0.25, 0.3) is 0 Å². The zero-order valence-electron chi connectivity index (χ0n) is 12.7. The molecule has 4 heteroatoms. The average Bonchev–Trinajstić information content (AvgIpc) is 2.47. The first-order valence-corrected chi connectivity index (χ1v) is 7.91. The van der Waals surface area contributed by atoms with Crippen LogP contribution in [0.2, 0.25) is 0 Å². The topological polar surface area (TPSA) is 35.5 Å². The van der Waals surface area contributed by atoms with E-state index in [1.165, 1.54) is 0 Å². The summed E-state index contributed by atoms with van der Waals surface area (Å²) in [6, 6.07) is 15.2. The lowest BCUT2D eigenvalue weighted by Gasteiger charge is -2.04. The van der Waals surface area contributed by atoms with Gasteiger partial charge in [-0.25, -0.2) is 9.05 Å². The molecule has 0 bridgehead atoms. The molecule has 0 amide bonds. The van der Waals surface area contributed by atoms with Gasteiger partial charge in [-0.15, -0.1) is 0 Å². The highest BCUT2D eigenvalue weighted by Crippen LogP contribution is 2.37. The van der Waals surface area contributed by atoms with Crippen LogP contribution in [0.15, 0.2) is 61.7 Å². The Balaban J connectivity index is 2.02. The summed E-state index contributed by atoms with van der Waals surface area (Å²) in [6.07, 6.45) is 0. The third-order valence-corrected chi connectivity index (χ3v) is 4.00. The van der Waals surface area contributed by atoms with Crippen LogP contribution >= 0.6 is 8.25 Å². The normalized spacial score (nSPS) is 9.91. The summed E-state index contributed by atoms with van der Waals surface area (Å²) in [7, 11) is -2.38. The van der Waals surface area contributed by atoms with Crippen molar-refractivity contribution in [2.45, 2.75) is 13.8 Å². The molecule has 0 aromatic heterocycles. The van der Waals surface area contributed by atoms with Gasteiger partial charge in [-0.3, -0.25) is 0 Å². The molecule has 112 valence electrons. The lowest BCUT2D eigenvalue weighted by atomic mass is 10.1. The van der Waals surface area contributed by atoms with E-state index < -0.39 is 8.25 Å². The lowest BCUT2D eigenvalue weighted by molar-refractivity contribution is 0.383. The summed E-state index contributed by atoms with van der Waals surface area (Å²) < 4.78 is 22.6. The number of rotatable bonds is 6. The fourth-order valence-electron chi connectivity index (χ4n) is 2.07. The van der Waals surface area contributed by atoms with Crippen LogP contribution in [0.5, 0.6) is 0 Å². The minimum Gasteiger partial charge on any atom is -0.222 e. The smallest absolute Gasteiger partial charge is 0.222 e. The molecule has 0 saturated carbocycles. The van der Waals surface area contributed by atoms with E-state index in [0.29, 0.717) is 11.5 Å². The molecule has 0 aliphatic rings. The van der Waals surface area contributed by atoms with E-state index in [4.69, 9.17) is 9.05 Å². The quantitative estimate of drug-likeness (QED) is 0.511. The second-order valence-electron chi connectivity index (χ2n) is 4.88. The summed E-state index contributed by atoms with van der Waals surface area (Å²) in [5, 5.41) is 0. The van der Waals surface area contributed by atoms with Gasteiger partial charge in [-0.2, -0.15) is 0 Å². The SMILES string of the molecule is C=C(O[P+](=O)OC(=C)c1ccccc1C)c1ccccc1C. The predicted octanol–water partition coefficient (Wildman–Crippen LogP) is 5.64. The van der Waals surface area contributed by atoms with Crippen molar-refractivity contribution in [2.75, 3.05) is 0 Å². The Hall–Kier alpha value is -2.38. The van der Waals surface area contributed by atoms with Gasteiger partial charge in [0.15, 0.2) is 11.5 Å². The zero-order chi connectivity index (χ0) is 16.1. The van der Waals surface area contributed by atoms with Crippen molar-refractivity contribution in [3.05, 3.63) is 83.9 Å². The van der Waals surface area contributed by atoms with Crippen LogP contribution in [0.4, 0.5) is 0 Å². The van der Waals surface area contributed by atoms with E-state index in [9.17, 15) is 4.57 Å². The molecule has 0 spiro atoms. The molecule has 0 aliphatic heterocycles. The Morgan fingerprint density at radius 2 is 1.18 bits per heavy atom. The maximum atomic E-state index is 12.0. The molecule has 0 aliphatic carbocycles. The molecule has 0 fully saturated rings. The summed E-state index contributed by atoms with van der Waals surface area (Å²) in [5.74, 6) is 0.633. The predicted molar refractivity (Wildman–Crippen MR) is 90.2 cm³/mol. The third-order valence-electron chi connectivity index (χ3n) is 3.26. The minimum absolute atomic E-state index is 0.316. The van der Waals surface area contributed by atoms with Crippen LogP contribution in [0.1, 0.15) is 22.3 Å². The number of aryl methyl sites for hydroxylation is 2. The Morgan fingerprint density at radius 1 is 0.818 bits per heavy atom. The Labute approximate surface area is 131 Å². The molecule has 2 aromatic rings. The Kier molecular flexibility index (Phi) is 5.13. The molecular weight excluding hydrogens is 295 g/mol. The monoisotopic (exact) mass is 313 g/mol. The maximum absolute atomic E-state index is 12.0. The molecule has 22 heavy (non-hydrogen) atoms. The highest BCUT2D eigenvalue weighted by molar-refractivity contribution is 7.34. The highest BCUT2D eigenvalue weighted by atomic mass is 31.1. The summed E-state index contributed by atoms with van der Waals surface area (Å²) in [4.78, 5) is 0. The van der Waals surface area contributed by atoms with Crippen LogP contribution in [-0.4, -0.2) is 0 Å². The highest BCUT2D eigenvalue weighted by Gasteiger charge is 2.27. The van der Waals surface area contributed by atoms with Crippen LogP contribution in [0.25, 0.3) is 11.5 Å². The van der Waals surface area contributed by atoms with Gasteiger partial charge < -0.3 is 0 Å². The van der Waals surface area contributed by atoms with Crippen molar-refractivity contribution in [3.8, 4) is 0 Å². The molecule has 0 saturated heterocycles. The van der Waals surface area contributed by atoms with Crippen molar-refractivity contribution in [1.82, 2.24) is 0 Å². The molecule has 0 N–H and O–H groups in total. The number of hydrogen-bond acceptors (Lipinski definition) is 3. The maximum Gasteiger partial charge on any atom is 0.805 e. The van der Waals surface area contributed by atoms with Crippen molar-refractivity contribution in [1.29, 1.82) is 0 Å². The molecule has 0 heterocycles. The lowest BCUT2D eigenvalue weighted by Crippen LogP contribution is -1.91. The van der Waals surface area contributed by atoms with E-state index in [2.05, 4.69) is 13.2 Å². The second kappa shape index (κ2) is 7.06. The summed E-state index contributed by atoms with van der Waals surface area (Å²) >= 11 is 0. The fourth-order valence-corrected chi connectivity index (χ4v) is 2.66. The molecule has 3 nitrogen and oxygen atoms in total. The van der Waals surface area contributed by atoms with E-state index in [1.807, 2.05) is 62.4 Å². The van der Waals surface area contributed by atoms with Gasteiger partial charge in [0, 0.05) is 15.7 Å². The van der Waals surface area contributed by atoms with Gasteiger partial charge in [-0.05, 0) is 38.1 Å². The van der Waals surface area contributed by atoms with Gasteiger partial charge >= 0.3 is 8.25 Å². The van der Waals surface area contributed by atoms with Crippen molar-refractivity contribution in [2.24, 2.45) is 0 Å². The zero-order valence-corrected chi connectivity index (χ0v) is 13.6. The van der Waals surface area contributed by atoms with Crippen LogP contribution in [0, 0.1) is 13.8 Å². The third kappa shape index (κ3) is 3.84. The number of hydrogen-bond donors (Lipinski definition) is 0. The molecule has 2 rings (SSSR count). The average molecular weight is 313 g/mol. The van der Waals surface area contributed by atoms with E-state index in [-0.39, 0.29) is 0 Å². The van der Waals surface area contributed by atoms with E-state index in [0.717, 1.165) is 22.3 Å². The van der Waals surface area contributed by atoms with Gasteiger partial charge in [0.1, 0.15) is 0 Å². The molecule has 0 unspecified atom stereocenters. The second-order valence-corrected chi connectivity index (χ2v) is 5.69. The van der Waals surface area contributed by atoms with Crippen molar-refractivity contribution in [3.63, 3.8) is 0 Å². The fraction of sp³-hybridized carbons (Fsp3) is 0.111. The van der Waals surface area contributed by atoms with Crippen LogP contribution < -0.4 is 0 Å². The van der Waals surface area contributed by atoms with E-state index in [1.54, 1.807) is 0 Å². The first kappa shape index (κ1) is 16.0. The summed E-state index contributed by atoms with van der Waals surface area (Å²) in [6.45, 7) is 11.5. The molecule has 0 atom stereocenters. The van der Waals surface area contributed by atoms with Crippen LogP contribution in [0.3, 0.4) is 0 Å². The Bertz CT molecular complexity index is 673. The molecule has 2 aromatic carbocycles. The Morgan fingerprint density at radius 3 is 1.55 bits per heavy atom. The van der Waals surface area contributed by atoms with Crippen molar-refractivity contribution < 1.29 is 13.6 Å². The largest absolute Gasteiger partial charge is 0.805 e. The summed E-state index contributed by atoms with van der Waals surface area (Å²) in [5.41, 5.74) is 3.59. The van der Waals surface area contributed by atoms with Gasteiger partial charge in [-0.1, -0.05) is 48.5 Å². The minimum atomic E-state index is -2.38. The van der Waals surface area contributed by atoms with Gasteiger partial charge in [0.2, 0.25) is 0 Å². The standard InChI is InChI=1S/C18H18O3P/c1-13-9-5-7-11-17(13)15(3)20-22(19)21-16(4)18-12-8-6-10-14(18)2/h5-12H,3-4H2,1-2H3/q+1. The first-order valence-electron chi connectivity index (χ1n) is 6.82. The molecule has 0 radical (unpaired) electrons. The first-order chi connectivity index (χ1) is 10.5. The van der Waals surface area contributed by atoms with Gasteiger partial charge in [0.05, 0.1) is 0 Å². The van der Waals surface area contributed by atoms with Crippen LogP contribution in [-0.2, 0) is 13.6 Å². The number of benzene rings is 2. The molecular formula is C18H18O3P+.